The maximum atomic E-state index is 11.2. The van der Waals surface area contributed by atoms with E-state index in [2.05, 4.69) is 9.44 Å². The Kier molecular flexibility index (Phi) is 4.07. The maximum Gasteiger partial charge on any atom is 0.277 e. The minimum atomic E-state index is -3.46. The van der Waals surface area contributed by atoms with Gasteiger partial charge in [0.15, 0.2) is 0 Å². The third kappa shape index (κ3) is 3.86. The second-order valence-corrected chi connectivity index (χ2v) is 4.54. The SMILES string of the molecule is CCNS(=O)(=O)NCc1ccccc1O. The molecule has 0 aromatic heterocycles. The van der Waals surface area contributed by atoms with Crippen LogP contribution in [-0.2, 0) is 16.8 Å². The van der Waals surface area contributed by atoms with Gasteiger partial charge >= 0.3 is 0 Å². The number of benzene rings is 1. The smallest absolute Gasteiger partial charge is 0.277 e. The summed E-state index contributed by atoms with van der Waals surface area (Å²) in [6.07, 6.45) is 0. The van der Waals surface area contributed by atoms with Gasteiger partial charge in [-0.25, -0.2) is 4.72 Å². The van der Waals surface area contributed by atoms with E-state index in [-0.39, 0.29) is 12.3 Å². The summed E-state index contributed by atoms with van der Waals surface area (Å²) < 4.78 is 27.0. The summed E-state index contributed by atoms with van der Waals surface area (Å²) in [7, 11) is -3.46. The molecule has 1 aromatic rings. The van der Waals surface area contributed by atoms with Gasteiger partial charge < -0.3 is 5.11 Å². The van der Waals surface area contributed by atoms with E-state index in [1.807, 2.05) is 0 Å². The zero-order valence-corrected chi connectivity index (χ0v) is 9.21. The predicted octanol–water partition coefficient (Wildman–Crippen LogP) is 0.336. The van der Waals surface area contributed by atoms with E-state index in [1.165, 1.54) is 6.07 Å². The molecule has 84 valence electrons. The Morgan fingerprint density at radius 1 is 1.27 bits per heavy atom. The van der Waals surface area contributed by atoms with Crippen molar-refractivity contribution in [3.8, 4) is 5.75 Å². The summed E-state index contributed by atoms with van der Waals surface area (Å²) in [5.41, 5.74) is 0.541. The Morgan fingerprint density at radius 3 is 2.53 bits per heavy atom. The van der Waals surface area contributed by atoms with Crippen LogP contribution in [0.5, 0.6) is 5.75 Å². The molecule has 5 nitrogen and oxygen atoms in total. The van der Waals surface area contributed by atoms with Crippen LogP contribution < -0.4 is 9.44 Å². The Morgan fingerprint density at radius 2 is 1.93 bits per heavy atom. The first-order chi connectivity index (χ1) is 7.05. The van der Waals surface area contributed by atoms with Crippen LogP contribution in [0.2, 0.25) is 0 Å². The van der Waals surface area contributed by atoms with Crippen molar-refractivity contribution < 1.29 is 13.5 Å². The van der Waals surface area contributed by atoms with E-state index in [1.54, 1.807) is 25.1 Å². The van der Waals surface area contributed by atoms with Gasteiger partial charge in [0.1, 0.15) is 5.75 Å². The lowest BCUT2D eigenvalue weighted by atomic mass is 10.2. The average molecular weight is 230 g/mol. The molecule has 0 saturated heterocycles. The Hall–Kier alpha value is -1.11. The number of phenolic OH excluding ortho intramolecular Hbond substituents is 1. The van der Waals surface area contributed by atoms with Crippen LogP contribution in [0, 0.1) is 0 Å². The third-order valence-electron chi connectivity index (χ3n) is 1.78. The molecule has 0 saturated carbocycles. The largest absolute Gasteiger partial charge is 0.508 e. The molecule has 0 aliphatic heterocycles. The molecule has 1 aromatic carbocycles. The number of hydrogen-bond acceptors (Lipinski definition) is 3. The van der Waals surface area contributed by atoms with Gasteiger partial charge in [-0.1, -0.05) is 25.1 Å². The van der Waals surface area contributed by atoms with Gasteiger partial charge in [0.05, 0.1) is 0 Å². The van der Waals surface area contributed by atoms with Gasteiger partial charge in [-0.05, 0) is 6.07 Å². The van der Waals surface area contributed by atoms with Gasteiger partial charge in [0, 0.05) is 18.7 Å². The fraction of sp³-hybridized carbons (Fsp3) is 0.333. The molecule has 15 heavy (non-hydrogen) atoms. The van der Waals surface area contributed by atoms with Crippen LogP contribution in [0.15, 0.2) is 24.3 Å². The third-order valence-corrected chi connectivity index (χ3v) is 2.97. The summed E-state index contributed by atoms with van der Waals surface area (Å²) in [4.78, 5) is 0. The number of rotatable bonds is 5. The molecule has 0 bridgehead atoms. The van der Waals surface area contributed by atoms with Gasteiger partial charge in [-0.2, -0.15) is 13.1 Å². The molecule has 6 heteroatoms. The Bertz CT molecular complexity index is 417. The topological polar surface area (TPSA) is 78.4 Å². The van der Waals surface area contributed by atoms with E-state index >= 15 is 0 Å². The van der Waals surface area contributed by atoms with E-state index in [9.17, 15) is 13.5 Å². The first kappa shape index (κ1) is 12.0. The van der Waals surface area contributed by atoms with Crippen molar-refractivity contribution >= 4 is 10.2 Å². The van der Waals surface area contributed by atoms with Crippen molar-refractivity contribution in [2.45, 2.75) is 13.5 Å². The molecule has 1 rings (SSSR count). The molecule has 0 amide bonds. The highest BCUT2D eigenvalue weighted by Crippen LogP contribution is 2.14. The molecule has 0 fully saturated rings. The first-order valence-electron chi connectivity index (χ1n) is 4.56. The standard InChI is InChI=1S/C9H14N2O3S/c1-2-10-15(13,14)11-7-8-5-3-4-6-9(8)12/h3-6,10-12H,2,7H2,1H3. The Labute approximate surface area is 89.3 Å². The molecular formula is C9H14N2O3S. The molecule has 0 radical (unpaired) electrons. The molecule has 0 aliphatic carbocycles. The Balaban J connectivity index is 2.62. The van der Waals surface area contributed by atoms with Crippen molar-refractivity contribution in [3.63, 3.8) is 0 Å². The van der Waals surface area contributed by atoms with Crippen molar-refractivity contribution in [2.24, 2.45) is 0 Å². The number of phenols is 1. The minimum absolute atomic E-state index is 0.0714. The summed E-state index contributed by atoms with van der Waals surface area (Å²) in [6.45, 7) is 2.09. The molecular weight excluding hydrogens is 216 g/mol. The van der Waals surface area contributed by atoms with Crippen molar-refractivity contribution in [1.82, 2.24) is 9.44 Å². The number of hydrogen-bond donors (Lipinski definition) is 3. The number of para-hydroxylation sites is 1. The summed E-state index contributed by atoms with van der Waals surface area (Å²) in [6, 6.07) is 6.58. The lowest BCUT2D eigenvalue weighted by Crippen LogP contribution is -2.35. The van der Waals surface area contributed by atoms with Gasteiger partial charge in [-0.3, -0.25) is 0 Å². The molecule has 0 unspecified atom stereocenters. The average Bonchev–Trinajstić information content (AvgIpc) is 2.16. The predicted molar refractivity (Wildman–Crippen MR) is 57.5 cm³/mol. The molecule has 0 heterocycles. The van der Waals surface area contributed by atoms with Gasteiger partial charge in [0.2, 0.25) is 0 Å². The normalized spacial score (nSPS) is 11.5. The van der Waals surface area contributed by atoms with Crippen LogP contribution in [0.1, 0.15) is 12.5 Å². The van der Waals surface area contributed by atoms with E-state index in [0.717, 1.165) is 0 Å². The highest BCUT2D eigenvalue weighted by atomic mass is 32.2. The highest BCUT2D eigenvalue weighted by molar-refractivity contribution is 7.87. The highest BCUT2D eigenvalue weighted by Gasteiger charge is 2.08. The zero-order valence-electron chi connectivity index (χ0n) is 8.40. The first-order valence-corrected chi connectivity index (χ1v) is 6.04. The maximum absolute atomic E-state index is 11.2. The lowest BCUT2D eigenvalue weighted by molar-refractivity contribution is 0.467. The summed E-state index contributed by atoms with van der Waals surface area (Å²) in [5, 5.41) is 9.38. The van der Waals surface area contributed by atoms with E-state index in [4.69, 9.17) is 0 Å². The van der Waals surface area contributed by atoms with Crippen LogP contribution in [0.25, 0.3) is 0 Å². The number of nitrogens with one attached hydrogen (secondary N) is 2. The lowest BCUT2D eigenvalue weighted by Gasteiger charge is -2.07. The molecule has 0 atom stereocenters. The van der Waals surface area contributed by atoms with Crippen molar-refractivity contribution in [3.05, 3.63) is 29.8 Å². The second kappa shape index (κ2) is 5.11. The van der Waals surface area contributed by atoms with Crippen molar-refractivity contribution in [1.29, 1.82) is 0 Å². The van der Waals surface area contributed by atoms with Crippen molar-refractivity contribution in [2.75, 3.05) is 6.54 Å². The molecule has 0 aliphatic rings. The van der Waals surface area contributed by atoms with E-state index < -0.39 is 10.2 Å². The van der Waals surface area contributed by atoms with Crippen LogP contribution >= 0.6 is 0 Å². The van der Waals surface area contributed by atoms with Crippen LogP contribution in [0.3, 0.4) is 0 Å². The van der Waals surface area contributed by atoms with Crippen LogP contribution in [-0.4, -0.2) is 20.1 Å². The van der Waals surface area contributed by atoms with E-state index in [0.29, 0.717) is 12.1 Å². The van der Waals surface area contributed by atoms with Crippen LogP contribution in [0.4, 0.5) is 0 Å². The fourth-order valence-corrected chi connectivity index (χ4v) is 1.90. The monoisotopic (exact) mass is 230 g/mol. The fourth-order valence-electron chi connectivity index (χ4n) is 1.07. The number of aromatic hydroxyl groups is 1. The van der Waals surface area contributed by atoms with Gasteiger partial charge in [0.25, 0.3) is 10.2 Å². The second-order valence-electron chi connectivity index (χ2n) is 2.95. The quantitative estimate of drug-likeness (QED) is 0.682. The minimum Gasteiger partial charge on any atom is -0.508 e. The van der Waals surface area contributed by atoms with Gasteiger partial charge in [-0.15, -0.1) is 0 Å². The molecule has 3 N–H and O–H groups in total. The zero-order chi connectivity index (χ0) is 11.3. The summed E-state index contributed by atoms with van der Waals surface area (Å²) in [5.74, 6) is 0.0803. The molecule has 0 spiro atoms. The summed E-state index contributed by atoms with van der Waals surface area (Å²) >= 11 is 0.